The van der Waals surface area contributed by atoms with Crippen LogP contribution in [0.5, 0.6) is 17.2 Å². The topological polar surface area (TPSA) is 56.8 Å². The molecule has 0 bridgehead atoms. The summed E-state index contributed by atoms with van der Waals surface area (Å²) in [6.07, 6.45) is 0. The van der Waals surface area contributed by atoms with Gasteiger partial charge in [0.2, 0.25) is 0 Å². The first-order valence-electron chi connectivity index (χ1n) is 6.73. The summed E-state index contributed by atoms with van der Waals surface area (Å²) in [6, 6.07) is 6.68. The maximum atomic E-state index is 13.0. The molecule has 1 amide bonds. The predicted molar refractivity (Wildman–Crippen MR) is 90.1 cm³/mol. The van der Waals surface area contributed by atoms with Crippen molar-refractivity contribution in [2.45, 2.75) is 0 Å². The molecule has 0 aliphatic rings. The van der Waals surface area contributed by atoms with E-state index in [9.17, 15) is 9.18 Å². The quantitative estimate of drug-likeness (QED) is 0.825. The molecule has 0 unspecified atom stereocenters. The van der Waals surface area contributed by atoms with Crippen molar-refractivity contribution in [2.75, 3.05) is 26.1 Å². The van der Waals surface area contributed by atoms with Crippen molar-refractivity contribution in [3.8, 4) is 17.2 Å². The minimum atomic E-state index is -0.491. The fourth-order valence-corrected chi connectivity index (χ4v) is 2.34. The number of carbonyl (C=O) groups excluding carboxylic acids is 1. The molecule has 128 valence electrons. The molecule has 5 nitrogen and oxygen atoms in total. The third-order valence-corrected chi connectivity index (χ3v) is 3.59. The summed E-state index contributed by atoms with van der Waals surface area (Å²) in [5.41, 5.74) is 0.363. The maximum Gasteiger partial charge on any atom is 0.262 e. The normalized spacial score (nSPS) is 10.2. The fourth-order valence-electron chi connectivity index (χ4n) is 1.88. The van der Waals surface area contributed by atoms with Crippen LogP contribution in [-0.2, 0) is 4.79 Å². The molecule has 0 fully saturated rings. The zero-order valence-electron chi connectivity index (χ0n) is 12.9. The number of anilines is 1. The third kappa shape index (κ3) is 4.43. The van der Waals surface area contributed by atoms with Crippen LogP contribution in [0, 0.1) is 5.82 Å². The highest BCUT2D eigenvalue weighted by Gasteiger charge is 2.13. The number of halogens is 3. The van der Waals surface area contributed by atoms with E-state index in [1.165, 1.54) is 32.4 Å². The van der Waals surface area contributed by atoms with Crippen LogP contribution in [0.4, 0.5) is 10.1 Å². The number of amides is 1. The Morgan fingerprint density at radius 2 is 1.71 bits per heavy atom. The molecule has 0 radical (unpaired) electrons. The van der Waals surface area contributed by atoms with Gasteiger partial charge in [-0.1, -0.05) is 23.2 Å². The summed E-state index contributed by atoms with van der Waals surface area (Å²) < 4.78 is 28.5. The van der Waals surface area contributed by atoms with E-state index in [-0.39, 0.29) is 17.4 Å². The van der Waals surface area contributed by atoms with E-state index in [4.69, 9.17) is 37.4 Å². The SMILES string of the molecule is COc1cc(OC)c(NC(=O)COc2ccc(F)cc2Cl)cc1Cl. The highest BCUT2D eigenvalue weighted by atomic mass is 35.5. The molecule has 8 heteroatoms. The van der Waals surface area contributed by atoms with E-state index in [1.807, 2.05) is 0 Å². The number of carbonyl (C=O) groups is 1. The molecule has 2 aromatic rings. The molecule has 0 saturated carbocycles. The van der Waals surface area contributed by atoms with Crippen molar-refractivity contribution < 1.29 is 23.4 Å². The molecule has 0 heterocycles. The highest BCUT2D eigenvalue weighted by Crippen LogP contribution is 2.35. The Hall–Kier alpha value is -2.18. The molecule has 0 aromatic heterocycles. The Balaban J connectivity index is 2.05. The van der Waals surface area contributed by atoms with Crippen molar-refractivity contribution >= 4 is 34.8 Å². The van der Waals surface area contributed by atoms with Gasteiger partial charge >= 0.3 is 0 Å². The van der Waals surface area contributed by atoms with Crippen molar-refractivity contribution in [1.82, 2.24) is 0 Å². The molecule has 2 aromatic carbocycles. The van der Waals surface area contributed by atoms with E-state index < -0.39 is 11.7 Å². The molecular formula is C16H14Cl2FNO4. The standard InChI is InChI=1S/C16H14Cl2FNO4/c1-22-14-7-15(23-2)12(6-11(14)18)20-16(21)8-24-13-4-3-9(19)5-10(13)17/h3-7H,8H2,1-2H3,(H,20,21). The number of hydrogen-bond donors (Lipinski definition) is 1. The molecule has 0 aliphatic carbocycles. The predicted octanol–water partition coefficient (Wildman–Crippen LogP) is 4.17. The summed E-state index contributed by atoms with van der Waals surface area (Å²) in [7, 11) is 2.92. The van der Waals surface area contributed by atoms with E-state index >= 15 is 0 Å². The second kappa shape index (κ2) is 8.08. The van der Waals surface area contributed by atoms with Crippen LogP contribution in [0.3, 0.4) is 0 Å². The van der Waals surface area contributed by atoms with E-state index in [1.54, 1.807) is 6.07 Å². The lowest BCUT2D eigenvalue weighted by Crippen LogP contribution is -2.20. The lowest BCUT2D eigenvalue weighted by molar-refractivity contribution is -0.118. The Morgan fingerprint density at radius 1 is 1.04 bits per heavy atom. The smallest absolute Gasteiger partial charge is 0.262 e. The molecular weight excluding hydrogens is 360 g/mol. The molecule has 24 heavy (non-hydrogen) atoms. The van der Waals surface area contributed by atoms with Crippen LogP contribution in [0.15, 0.2) is 30.3 Å². The number of hydrogen-bond acceptors (Lipinski definition) is 4. The fraction of sp³-hybridized carbons (Fsp3) is 0.188. The van der Waals surface area contributed by atoms with Crippen molar-refractivity contribution in [1.29, 1.82) is 0 Å². The number of nitrogens with one attached hydrogen (secondary N) is 1. The second-order valence-electron chi connectivity index (χ2n) is 4.60. The van der Waals surface area contributed by atoms with Crippen LogP contribution in [0.25, 0.3) is 0 Å². The van der Waals surface area contributed by atoms with Gasteiger partial charge in [0.25, 0.3) is 5.91 Å². The van der Waals surface area contributed by atoms with Gasteiger partial charge in [0.05, 0.1) is 30.0 Å². The van der Waals surface area contributed by atoms with Gasteiger partial charge in [0, 0.05) is 6.07 Å². The summed E-state index contributed by atoms with van der Waals surface area (Å²) in [5, 5.41) is 3.00. The Kier molecular flexibility index (Phi) is 6.11. The van der Waals surface area contributed by atoms with E-state index in [2.05, 4.69) is 5.32 Å². The molecule has 0 atom stereocenters. The van der Waals surface area contributed by atoms with Gasteiger partial charge in [-0.25, -0.2) is 4.39 Å². The first-order valence-corrected chi connectivity index (χ1v) is 7.49. The lowest BCUT2D eigenvalue weighted by Gasteiger charge is -2.13. The van der Waals surface area contributed by atoms with Gasteiger partial charge < -0.3 is 19.5 Å². The zero-order chi connectivity index (χ0) is 17.7. The number of methoxy groups -OCH3 is 2. The molecule has 0 aliphatic heterocycles. The average molecular weight is 374 g/mol. The van der Waals surface area contributed by atoms with E-state index in [0.717, 1.165) is 6.07 Å². The average Bonchev–Trinajstić information content (AvgIpc) is 2.54. The van der Waals surface area contributed by atoms with Crippen LogP contribution >= 0.6 is 23.2 Å². The summed E-state index contributed by atoms with van der Waals surface area (Å²) in [4.78, 5) is 12.0. The van der Waals surface area contributed by atoms with Crippen LogP contribution in [-0.4, -0.2) is 26.7 Å². The molecule has 2 rings (SSSR count). The highest BCUT2D eigenvalue weighted by molar-refractivity contribution is 6.32. The van der Waals surface area contributed by atoms with Gasteiger partial charge in [-0.05, 0) is 24.3 Å². The van der Waals surface area contributed by atoms with E-state index in [0.29, 0.717) is 22.2 Å². The Labute approximate surface area is 148 Å². The van der Waals surface area contributed by atoms with Crippen LogP contribution in [0.2, 0.25) is 10.0 Å². The number of rotatable bonds is 6. The lowest BCUT2D eigenvalue weighted by atomic mass is 10.2. The van der Waals surface area contributed by atoms with Gasteiger partial charge in [-0.15, -0.1) is 0 Å². The maximum absolute atomic E-state index is 13.0. The van der Waals surface area contributed by atoms with Crippen LogP contribution in [0.1, 0.15) is 0 Å². The first-order chi connectivity index (χ1) is 11.4. The minimum absolute atomic E-state index is 0.0767. The molecule has 0 spiro atoms. The number of benzene rings is 2. The monoisotopic (exact) mass is 373 g/mol. The summed E-state index contributed by atoms with van der Waals surface area (Å²) in [5.74, 6) is 0.0440. The zero-order valence-corrected chi connectivity index (χ0v) is 14.4. The van der Waals surface area contributed by atoms with Crippen LogP contribution < -0.4 is 19.5 Å². The first kappa shape index (κ1) is 18.2. The second-order valence-corrected chi connectivity index (χ2v) is 5.41. The Morgan fingerprint density at radius 3 is 2.33 bits per heavy atom. The largest absolute Gasteiger partial charge is 0.495 e. The molecule has 1 N–H and O–H groups in total. The van der Waals surface area contributed by atoms with Gasteiger partial charge in [0.1, 0.15) is 23.1 Å². The molecule has 0 saturated heterocycles. The van der Waals surface area contributed by atoms with Crippen molar-refractivity contribution in [2.24, 2.45) is 0 Å². The third-order valence-electron chi connectivity index (χ3n) is 3.00. The Bertz CT molecular complexity index is 755. The van der Waals surface area contributed by atoms with Gasteiger partial charge in [-0.3, -0.25) is 4.79 Å². The number of ether oxygens (including phenoxy) is 3. The van der Waals surface area contributed by atoms with Gasteiger partial charge in [0.15, 0.2) is 6.61 Å². The summed E-state index contributed by atoms with van der Waals surface area (Å²) >= 11 is 11.9. The minimum Gasteiger partial charge on any atom is -0.495 e. The summed E-state index contributed by atoms with van der Waals surface area (Å²) in [6.45, 7) is -0.321. The van der Waals surface area contributed by atoms with Crippen molar-refractivity contribution in [3.63, 3.8) is 0 Å². The van der Waals surface area contributed by atoms with Gasteiger partial charge in [-0.2, -0.15) is 0 Å². The van der Waals surface area contributed by atoms with Crippen molar-refractivity contribution in [3.05, 3.63) is 46.2 Å².